The van der Waals surface area contributed by atoms with Crippen LogP contribution in [0.5, 0.6) is 0 Å². The average Bonchev–Trinajstić information content (AvgIpc) is 2.72. The van der Waals surface area contributed by atoms with Crippen molar-refractivity contribution in [3.8, 4) is 0 Å². The van der Waals surface area contributed by atoms with Gasteiger partial charge in [0.25, 0.3) is 0 Å². The van der Waals surface area contributed by atoms with Crippen LogP contribution in [0.4, 0.5) is 0 Å². The van der Waals surface area contributed by atoms with E-state index >= 15 is 0 Å². The first kappa shape index (κ1) is 8.53. The highest BCUT2D eigenvalue weighted by Crippen LogP contribution is 2.29. The average molecular weight is 156 g/mol. The highest BCUT2D eigenvalue weighted by Gasteiger charge is 2.24. The SMILES string of the molecule is CNCC(=O)N(C)CC1CC1. The van der Waals surface area contributed by atoms with Crippen LogP contribution in [0.15, 0.2) is 0 Å². The van der Waals surface area contributed by atoms with Gasteiger partial charge in [-0.2, -0.15) is 0 Å². The van der Waals surface area contributed by atoms with E-state index in [2.05, 4.69) is 5.32 Å². The smallest absolute Gasteiger partial charge is 0.236 e. The number of carbonyl (C=O) groups excluding carboxylic acids is 1. The number of hydrogen-bond acceptors (Lipinski definition) is 2. The van der Waals surface area contributed by atoms with E-state index in [0.29, 0.717) is 6.54 Å². The van der Waals surface area contributed by atoms with Gasteiger partial charge >= 0.3 is 0 Å². The van der Waals surface area contributed by atoms with Crippen molar-refractivity contribution in [1.29, 1.82) is 0 Å². The minimum absolute atomic E-state index is 0.194. The van der Waals surface area contributed by atoms with E-state index in [1.54, 1.807) is 7.05 Å². The zero-order valence-electron chi connectivity index (χ0n) is 7.26. The Bertz CT molecular complexity index is 143. The molecule has 0 bridgehead atoms. The van der Waals surface area contributed by atoms with E-state index in [4.69, 9.17) is 0 Å². The molecule has 0 heterocycles. The molecule has 1 aliphatic rings. The molecule has 1 amide bonds. The second kappa shape index (κ2) is 3.72. The molecule has 1 saturated carbocycles. The molecular formula is C8H16N2O. The van der Waals surface area contributed by atoms with Crippen LogP contribution in [0, 0.1) is 5.92 Å². The van der Waals surface area contributed by atoms with Gasteiger partial charge in [-0.15, -0.1) is 0 Å². The summed E-state index contributed by atoms with van der Waals surface area (Å²) in [7, 11) is 3.67. The summed E-state index contributed by atoms with van der Waals surface area (Å²) >= 11 is 0. The van der Waals surface area contributed by atoms with Crippen molar-refractivity contribution in [3.05, 3.63) is 0 Å². The molecule has 0 radical (unpaired) electrons. The predicted molar refractivity (Wildman–Crippen MR) is 44.3 cm³/mol. The van der Waals surface area contributed by atoms with Gasteiger partial charge < -0.3 is 10.2 Å². The highest BCUT2D eigenvalue weighted by atomic mass is 16.2. The number of amides is 1. The molecule has 0 aromatic rings. The Labute approximate surface area is 67.8 Å². The van der Waals surface area contributed by atoms with Gasteiger partial charge in [0.15, 0.2) is 0 Å². The van der Waals surface area contributed by atoms with Crippen LogP contribution >= 0.6 is 0 Å². The summed E-state index contributed by atoms with van der Waals surface area (Å²) in [6.45, 7) is 1.41. The zero-order chi connectivity index (χ0) is 8.27. The predicted octanol–water partition coefficient (Wildman–Crippen LogP) is 0.0742. The van der Waals surface area contributed by atoms with Crippen molar-refractivity contribution in [2.45, 2.75) is 12.8 Å². The Balaban J connectivity index is 2.15. The van der Waals surface area contributed by atoms with Crippen molar-refractivity contribution < 1.29 is 4.79 Å². The van der Waals surface area contributed by atoms with Crippen LogP contribution in [0.3, 0.4) is 0 Å². The summed E-state index contributed by atoms with van der Waals surface area (Å²) in [5, 5.41) is 2.85. The molecule has 1 fully saturated rings. The van der Waals surface area contributed by atoms with E-state index < -0.39 is 0 Å². The maximum atomic E-state index is 11.2. The van der Waals surface area contributed by atoms with Crippen molar-refractivity contribution in [2.75, 3.05) is 27.2 Å². The third-order valence-corrected chi connectivity index (χ3v) is 1.98. The molecule has 0 aromatic carbocycles. The van der Waals surface area contributed by atoms with E-state index in [1.807, 2.05) is 11.9 Å². The first-order chi connectivity index (χ1) is 5.24. The number of rotatable bonds is 4. The molecule has 0 spiro atoms. The van der Waals surface area contributed by atoms with Gasteiger partial charge in [0, 0.05) is 13.6 Å². The first-order valence-electron chi connectivity index (χ1n) is 4.12. The quantitative estimate of drug-likeness (QED) is 0.625. The molecular weight excluding hydrogens is 140 g/mol. The van der Waals surface area contributed by atoms with Gasteiger partial charge in [-0.25, -0.2) is 0 Å². The second-order valence-electron chi connectivity index (χ2n) is 3.25. The number of nitrogens with zero attached hydrogens (tertiary/aromatic N) is 1. The van der Waals surface area contributed by atoms with Crippen molar-refractivity contribution in [2.24, 2.45) is 5.92 Å². The Morgan fingerprint density at radius 3 is 2.73 bits per heavy atom. The van der Waals surface area contributed by atoms with E-state index in [-0.39, 0.29) is 5.91 Å². The lowest BCUT2D eigenvalue weighted by Gasteiger charge is -2.15. The summed E-state index contributed by atoms with van der Waals surface area (Å²) in [4.78, 5) is 13.0. The van der Waals surface area contributed by atoms with Gasteiger partial charge in [0.2, 0.25) is 5.91 Å². The minimum atomic E-state index is 0.194. The van der Waals surface area contributed by atoms with Crippen LogP contribution in [0.2, 0.25) is 0 Å². The third-order valence-electron chi connectivity index (χ3n) is 1.98. The molecule has 0 aromatic heterocycles. The molecule has 11 heavy (non-hydrogen) atoms. The Morgan fingerprint density at radius 2 is 2.27 bits per heavy atom. The maximum absolute atomic E-state index is 11.2. The molecule has 0 atom stereocenters. The Kier molecular flexibility index (Phi) is 2.88. The summed E-state index contributed by atoms with van der Waals surface area (Å²) in [5.74, 6) is 0.986. The van der Waals surface area contributed by atoms with Crippen LogP contribution in [0.1, 0.15) is 12.8 Å². The van der Waals surface area contributed by atoms with Gasteiger partial charge in [-0.3, -0.25) is 4.79 Å². The number of likely N-dealkylation sites (N-methyl/N-ethyl adjacent to an activating group) is 2. The third kappa shape index (κ3) is 2.89. The Morgan fingerprint density at radius 1 is 1.64 bits per heavy atom. The lowest BCUT2D eigenvalue weighted by atomic mass is 10.4. The van der Waals surface area contributed by atoms with E-state index in [0.717, 1.165) is 12.5 Å². The van der Waals surface area contributed by atoms with Gasteiger partial charge in [-0.1, -0.05) is 0 Å². The fourth-order valence-electron chi connectivity index (χ4n) is 1.08. The molecule has 1 aliphatic carbocycles. The molecule has 64 valence electrons. The molecule has 0 saturated heterocycles. The fraction of sp³-hybridized carbons (Fsp3) is 0.875. The molecule has 1 rings (SSSR count). The molecule has 3 nitrogen and oxygen atoms in total. The summed E-state index contributed by atoms with van der Waals surface area (Å²) in [5.41, 5.74) is 0. The monoisotopic (exact) mass is 156 g/mol. The maximum Gasteiger partial charge on any atom is 0.236 e. The lowest BCUT2D eigenvalue weighted by molar-refractivity contribution is -0.129. The molecule has 3 heteroatoms. The second-order valence-corrected chi connectivity index (χ2v) is 3.25. The number of nitrogens with one attached hydrogen (secondary N) is 1. The fourth-order valence-corrected chi connectivity index (χ4v) is 1.08. The zero-order valence-corrected chi connectivity index (χ0v) is 7.26. The van der Waals surface area contributed by atoms with Crippen LogP contribution < -0.4 is 5.32 Å². The largest absolute Gasteiger partial charge is 0.344 e. The normalized spacial score (nSPS) is 16.5. The molecule has 0 aliphatic heterocycles. The topological polar surface area (TPSA) is 32.3 Å². The number of carbonyl (C=O) groups is 1. The van der Waals surface area contributed by atoms with Crippen LogP contribution in [-0.4, -0.2) is 38.0 Å². The number of hydrogen-bond donors (Lipinski definition) is 1. The highest BCUT2D eigenvalue weighted by molar-refractivity contribution is 5.77. The van der Waals surface area contributed by atoms with Crippen LogP contribution in [-0.2, 0) is 4.79 Å². The first-order valence-corrected chi connectivity index (χ1v) is 4.12. The van der Waals surface area contributed by atoms with E-state index in [1.165, 1.54) is 12.8 Å². The summed E-state index contributed by atoms with van der Waals surface area (Å²) < 4.78 is 0. The van der Waals surface area contributed by atoms with Gasteiger partial charge in [0.1, 0.15) is 0 Å². The lowest BCUT2D eigenvalue weighted by Crippen LogP contribution is -2.35. The van der Waals surface area contributed by atoms with Crippen molar-refractivity contribution in [3.63, 3.8) is 0 Å². The van der Waals surface area contributed by atoms with Crippen LogP contribution in [0.25, 0.3) is 0 Å². The van der Waals surface area contributed by atoms with Gasteiger partial charge in [0.05, 0.1) is 6.54 Å². The summed E-state index contributed by atoms with van der Waals surface area (Å²) in [6, 6.07) is 0. The standard InChI is InChI=1S/C8H16N2O/c1-9-5-8(11)10(2)6-7-3-4-7/h7,9H,3-6H2,1-2H3. The molecule has 1 N–H and O–H groups in total. The Hall–Kier alpha value is -0.570. The van der Waals surface area contributed by atoms with Crippen molar-refractivity contribution >= 4 is 5.91 Å². The van der Waals surface area contributed by atoms with Gasteiger partial charge in [-0.05, 0) is 25.8 Å². The van der Waals surface area contributed by atoms with Crippen molar-refractivity contribution in [1.82, 2.24) is 10.2 Å². The molecule has 0 unspecified atom stereocenters. The summed E-state index contributed by atoms with van der Waals surface area (Å²) in [6.07, 6.45) is 2.61. The van der Waals surface area contributed by atoms with E-state index in [9.17, 15) is 4.79 Å². The minimum Gasteiger partial charge on any atom is -0.344 e.